The molecule has 0 saturated heterocycles. The third-order valence-corrected chi connectivity index (χ3v) is 4.21. The van der Waals surface area contributed by atoms with Crippen LogP contribution >= 0.6 is 16.1 Å². The summed E-state index contributed by atoms with van der Waals surface area (Å²) < 4.78 is 22.2. The normalized spacial score (nSPS) is 11.8. The fraction of sp³-hybridized carbons (Fsp3) is 0.857. The number of quaternary nitrogens is 2. The molecular weight excluding hydrogens is 484 g/mol. The minimum Gasteiger partial charge on any atom is -1.00 e. The summed E-state index contributed by atoms with van der Waals surface area (Å²) in [6.07, 6.45) is 7.56. The first-order chi connectivity index (χ1) is 9.89. The van der Waals surface area contributed by atoms with E-state index >= 15 is 0 Å². The molecule has 0 aromatic rings. The fourth-order valence-electron chi connectivity index (χ4n) is 1.64. The van der Waals surface area contributed by atoms with Crippen molar-refractivity contribution in [2.24, 2.45) is 0 Å². The highest BCUT2D eigenvalue weighted by molar-refractivity contribution is 7.38. The molecule has 0 saturated carbocycles. The van der Waals surface area contributed by atoms with Gasteiger partial charge in [-0.15, -0.1) is 6.42 Å². The van der Waals surface area contributed by atoms with Gasteiger partial charge in [0.2, 0.25) is 0 Å². The van der Waals surface area contributed by atoms with Gasteiger partial charge in [0, 0.05) is 12.8 Å². The Morgan fingerprint density at radius 2 is 1.29 bits per heavy atom. The van der Waals surface area contributed by atoms with Crippen molar-refractivity contribution in [3.63, 3.8) is 0 Å². The van der Waals surface area contributed by atoms with Crippen LogP contribution in [0.2, 0.25) is 0 Å². The monoisotopic (exact) mass is 516 g/mol. The Balaban J connectivity index is -0.000000156. The first kappa shape index (κ1) is 32.3. The molecular formula is C14H32ClIN2O4P2+2. The van der Waals surface area contributed by atoms with Crippen LogP contribution in [0.15, 0.2) is 0 Å². The highest BCUT2D eigenvalue weighted by Crippen LogP contribution is 2.15. The molecule has 2 N–H and O–H groups in total. The largest absolute Gasteiger partial charge is 1.00 e. The maximum Gasteiger partial charge on any atom is 0.505 e. The van der Waals surface area contributed by atoms with Crippen LogP contribution in [0.25, 0.3) is 0 Å². The summed E-state index contributed by atoms with van der Waals surface area (Å²) in [6.45, 7) is 2.48. The molecule has 10 heteroatoms. The number of rotatable bonds is 9. The van der Waals surface area contributed by atoms with E-state index in [2.05, 4.69) is 27.1 Å². The van der Waals surface area contributed by atoms with Gasteiger partial charge in [-0.2, -0.15) is 9.79 Å². The van der Waals surface area contributed by atoms with Gasteiger partial charge < -0.3 is 45.3 Å². The Bertz CT molecular complexity index is 399. The van der Waals surface area contributed by atoms with Crippen molar-refractivity contribution in [3.05, 3.63) is 0 Å². The van der Waals surface area contributed by atoms with Crippen LogP contribution in [0.4, 0.5) is 0 Å². The highest BCUT2D eigenvalue weighted by Gasteiger charge is 2.17. The first-order valence-corrected chi connectivity index (χ1v) is 10.0. The van der Waals surface area contributed by atoms with Gasteiger partial charge in [0.25, 0.3) is 0 Å². The van der Waals surface area contributed by atoms with E-state index in [0.29, 0.717) is 18.9 Å². The molecule has 0 aromatic heterocycles. The number of halogens is 2. The predicted molar refractivity (Wildman–Crippen MR) is 92.2 cm³/mol. The second kappa shape index (κ2) is 17.1. The Labute approximate surface area is 172 Å². The average molecular weight is 517 g/mol. The van der Waals surface area contributed by atoms with Crippen molar-refractivity contribution < 1.29 is 64.3 Å². The summed E-state index contributed by atoms with van der Waals surface area (Å²) in [6, 6.07) is 0. The van der Waals surface area contributed by atoms with Crippen molar-refractivity contribution in [1.29, 1.82) is 0 Å². The maximum atomic E-state index is 10.3. The minimum atomic E-state index is -1.97. The molecule has 0 fully saturated rings. The molecule has 0 heterocycles. The van der Waals surface area contributed by atoms with Gasteiger partial charge in [-0.05, 0) is 15.1 Å². The van der Waals surface area contributed by atoms with Gasteiger partial charge in [-0.25, -0.2) is 0 Å². The molecule has 0 aliphatic heterocycles. The van der Waals surface area contributed by atoms with E-state index in [1.165, 1.54) is 0 Å². The fourth-order valence-corrected chi connectivity index (χ4v) is 2.46. The van der Waals surface area contributed by atoms with Gasteiger partial charge in [-0.3, -0.25) is 0 Å². The number of nitrogens with zero attached hydrogens (tertiary/aromatic N) is 2. The van der Waals surface area contributed by atoms with Crippen molar-refractivity contribution in [3.8, 4) is 12.3 Å². The highest BCUT2D eigenvalue weighted by atomic mass is 127. The van der Waals surface area contributed by atoms with E-state index < -0.39 is 16.1 Å². The second-order valence-corrected chi connectivity index (χ2v) is 9.20. The molecule has 0 amide bonds. The molecule has 24 heavy (non-hydrogen) atoms. The maximum absolute atomic E-state index is 10.3. The van der Waals surface area contributed by atoms with Crippen molar-refractivity contribution >= 4 is 16.1 Å². The Morgan fingerprint density at radius 1 is 0.917 bits per heavy atom. The van der Waals surface area contributed by atoms with Crippen LogP contribution in [0, 0.1) is 12.3 Å². The van der Waals surface area contributed by atoms with Crippen molar-refractivity contribution in [2.45, 2.75) is 12.8 Å². The molecule has 2 atom stereocenters. The van der Waals surface area contributed by atoms with Crippen LogP contribution < -0.4 is 36.4 Å². The molecule has 6 nitrogen and oxygen atoms in total. The molecule has 0 aromatic carbocycles. The lowest BCUT2D eigenvalue weighted by Crippen LogP contribution is -3.00. The van der Waals surface area contributed by atoms with Crippen LogP contribution in [0.3, 0.4) is 0 Å². The van der Waals surface area contributed by atoms with Crippen LogP contribution in [-0.2, 0) is 9.13 Å². The molecule has 2 unspecified atom stereocenters. The number of hydrogen-bond donors (Lipinski definition) is 2. The zero-order valence-electron chi connectivity index (χ0n) is 15.3. The summed E-state index contributed by atoms with van der Waals surface area (Å²) in [5.74, 6) is 2.58. The smallest absolute Gasteiger partial charge is 0.505 e. The van der Waals surface area contributed by atoms with E-state index in [1.807, 2.05) is 14.1 Å². The third kappa shape index (κ3) is 30.5. The molecule has 0 aliphatic rings. The molecule has 0 rings (SSSR count). The van der Waals surface area contributed by atoms with E-state index in [0.717, 1.165) is 34.9 Å². The number of hydrogen-bond acceptors (Lipinski definition) is 2. The molecule has 144 valence electrons. The van der Waals surface area contributed by atoms with Gasteiger partial charge >= 0.3 is 16.1 Å². The SMILES string of the molecule is C#CC[N+](C)(C)CCC[P+](=O)O.C[N+](C)(C)CCC[P+](=O)O.[Cl-].[I-]. The lowest BCUT2D eigenvalue weighted by Gasteiger charge is -2.26. The third-order valence-electron chi connectivity index (χ3n) is 2.81. The van der Waals surface area contributed by atoms with E-state index in [1.54, 1.807) is 0 Å². The Hall–Kier alpha value is 0.620. The summed E-state index contributed by atoms with van der Waals surface area (Å²) in [5.41, 5.74) is 0. The Morgan fingerprint density at radius 3 is 1.58 bits per heavy atom. The summed E-state index contributed by atoms with van der Waals surface area (Å²) >= 11 is 0. The molecule has 0 radical (unpaired) electrons. The standard InChI is InChI=1S/C8H15NO2P.C6H15NO2P.ClH.HI/c1-4-6-9(2,3)7-5-8-12(10)11;1-7(2,3)5-4-6-10(8)9;;/h1H,5-8H2,2-3H3;4-6H2,1-3H3;2*1H/q2*+1;;. The van der Waals surface area contributed by atoms with E-state index in [-0.39, 0.29) is 36.4 Å². The lowest BCUT2D eigenvalue weighted by atomic mass is 10.4. The summed E-state index contributed by atoms with van der Waals surface area (Å²) in [7, 11) is 6.37. The van der Waals surface area contributed by atoms with Crippen molar-refractivity contribution in [2.75, 3.05) is 67.2 Å². The van der Waals surface area contributed by atoms with Crippen LogP contribution in [-0.4, -0.2) is 85.9 Å². The lowest BCUT2D eigenvalue weighted by molar-refractivity contribution is -0.883. The summed E-state index contributed by atoms with van der Waals surface area (Å²) in [5, 5.41) is 0. The molecule has 0 aliphatic carbocycles. The zero-order valence-corrected chi connectivity index (χ0v) is 20.0. The van der Waals surface area contributed by atoms with Crippen molar-refractivity contribution in [1.82, 2.24) is 0 Å². The van der Waals surface area contributed by atoms with Gasteiger partial charge in [0.15, 0.2) is 12.3 Å². The Kier molecular flexibility index (Phi) is 23.0. The van der Waals surface area contributed by atoms with Gasteiger partial charge in [0.05, 0.1) is 48.3 Å². The predicted octanol–water partition coefficient (Wildman–Crippen LogP) is -4.35. The quantitative estimate of drug-likeness (QED) is 0.141. The summed E-state index contributed by atoms with van der Waals surface area (Å²) in [4.78, 5) is 17.0. The minimum absolute atomic E-state index is 0. The second-order valence-electron chi connectivity index (χ2n) is 6.89. The van der Waals surface area contributed by atoms with Gasteiger partial charge in [0.1, 0.15) is 6.54 Å². The van der Waals surface area contributed by atoms with E-state index in [4.69, 9.17) is 16.2 Å². The molecule has 0 bridgehead atoms. The van der Waals surface area contributed by atoms with Crippen LogP contribution in [0.1, 0.15) is 12.8 Å². The van der Waals surface area contributed by atoms with Gasteiger partial charge in [-0.1, -0.05) is 0 Å². The number of terminal acetylenes is 1. The zero-order chi connectivity index (χ0) is 17.8. The topological polar surface area (TPSA) is 74.6 Å². The van der Waals surface area contributed by atoms with Crippen LogP contribution in [0.5, 0.6) is 0 Å². The molecule has 0 spiro atoms. The first-order valence-electron chi connectivity index (χ1n) is 7.22. The average Bonchev–Trinajstić information content (AvgIpc) is 2.26. The van der Waals surface area contributed by atoms with E-state index in [9.17, 15) is 9.13 Å².